The van der Waals surface area contributed by atoms with Gasteiger partial charge in [-0.1, -0.05) is 30.3 Å². The second-order valence-electron chi connectivity index (χ2n) is 6.19. The van der Waals surface area contributed by atoms with E-state index in [0.717, 1.165) is 0 Å². The van der Waals surface area contributed by atoms with Crippen LogP contribution in [0.4, 0.5) is 0 Å². The average Bonchev–Trinajstić information content (AvgIpc) is 2.42. The SMILES string of the molecule is CC1(C)C(=O)O[C@@H](C(=O)c2ccccc2)C(C)(C)C1=O. The molecule has 106 valence electrons. The molecule has 0 N–H and O–H groups in total. The van der Waals surface area contributed by atoms with E-state index in [1.807, 2.05) is 0 Å². The summed E-state index contributed by atoms with van der Waals surface area (Å²) in [5, 5.41) is 0. The van der Waals surface area contributed by atoms with E-state index in [2.05, 4.69) is 0 Å². The van der Waals surface area contributed by atoms with Crippen LogP contribution in [0.3, 0.4) is 0 Å². The Morgan fingerprint density at radius 3 is 2.15 bits per heavy atom. The van der Waals surface area contributed by atoms with Crippen molar-refractivity contribution in [2.45, 2.75) is 33.8 Å². The molecule has 1 saturated heterocycles. The second kappa shape index (κ2) is 4.54. The fourth-order valence-electron chi connectivity index (χ4n) is 2.55. The van der Waals surface area contributed by atoms with Crippen molar-refractivity contribution in [3.05, 3.63) is 35.9 Å². The highest BCUT2D eigenvalue weighted by molar-refractivity contribution is 6.13. The van der Waals surface area contributed by atoms with E-state index in [1.54, 1.807) is 44.2 Å². The van der Waals surface area contributed by atoms with Gasteiger partial charge in [0.15, 0.2) is 11.9 Å². The van der Waals surface area contributed by atoms with Crippen molar-refractivity contribution in [2.75, 3.05) is 0 Å². The highest BCUT2D eigenvalue weighted by Crippen LogP contribution is 2.41. The molecule has 0 amide bonds. The first-order chi connectivity index (χ1) is 9.19. The lowest BCUT2D eigenvalue weighted by Crippen LogP contribution is -2.58. The fraction of sp³-hybridized carbons (Fsp3) is 0.438. The fourth-order valence-corrected chi connectivity index (χ4v) is 2.55. The van der Waals surface area contributed by atoms with Gasteiger partial charge in [-0.15, -0.1) is 0 Å². The zero-order valence-corrected chi connectivity index (χ0v) is 12.1. The standard InChI is InChI=1S/C16H18O4/c1-15(2)12(11(17)10-8-6-5-7-9-10)20-14(19)16(3,4)13(15)18/h5-9,12H,1-4H3/t12-/m0/s1. The van der Waals surface area contributed by atoms with Crippen molar-refractivity contribution in [2.24, 2.45) is 10.8 Å². The summed E-state index contributed by atoms with van der Waals surface area (Å²) < 4.78 is 5.29. The molecule has 1 aliphatic heterocycles. The predicted octanol–water partition coefficient (Wildman–Crippen LogP) is 2.42. The number of ketones is 2. The molecule has 0 spiro atoms. The molecule has 1 aromatic rings. The summed E-state index contributed by atoms with van der Waals surface area (Å²) in [5.74, 6) is -1.25. The maximum Gasteiger partial charge on any atom is 0.319 e. The number of hydrogen-bond acceptors (Lipinski definition) is 4. The van der Waals surface area contributed by atoms with E-state index < -0.39 is 22.9 Å². The van der Waals surface area contributed by atoms with E-state index >= 15 is 0 Å². The topological polar surface area (TPSA) is 60.4 Å². The molecular weight excluding hydrogens is 256 g/mol. The number of esters is 1. The van der Waals surface area contributed by atoms with Crippen LogP contribution >= 0.6 is 0 Å². The zero-order valence-electron chi connectivity index (χ0n) is 12.1. The highest BCUT2D eigenvalue weighted by atomic mass is 16.6. The summed E-state index contributed by atoms with van der Waals surface area (Å²) >= 11 is 0. The van der Waals surface area contributed by atoms with Gasteiger partial charge in [0.25, 0.3) is 0 Å². The molecule has 4 heteroatoms. The summed E-state index contributed by atoms with van der Waals surface area (Å²) in [6.45, 7) is 6.36. The van der Waals surface area contributed by atoms with Crippen LogP contribution < -0.4 is 0 Å². The Kier molecular flexibility index (Phi) is 3.28. The van der Waals surface area contributed by atoms with E-state index in [4.69, 9.17) is 4.74 Å². The van der Waals surface area contributed by atoms with Gasteiger partial charge in [-0.05, 0) is 27.7 Å². The van der Waals surface area contributed by atoms with Crippen LogP contribution in [0.5, 0.6) is 0 Å². The second-order valence-corrected chi connectivity index (χ2v) is 6.19. The van der Waals surface area contributed by atoms with Gasteiger partial charge >= 0.3 is 5.97 Å². The minimum Gasteiger partial charge on any atom is -0.452 e. The molecule has 0 unspecified atom stereocenters. The van der Waals surface area contributed by atoms with Crippen molar-refractivity contribution in [1.29, 1.82) is 0 Å². The van der Waals surface area contributed by atoms with E-state index in [-0.39, 0.29) is 11.6 Å². The molecular formula is C16H18O4. The van der Waals surface area contributed by atoms with Crippen LogP contribution in [0.25, 0.3) is 0 Å². The van der Waals surface area contributed by atoms with Crippen LogP contribution in [0.1, 0.15) is 38.1 Å². The molecule has 20 heavy (non-hydrogen) atoms. The Morgan fingerprint density at radius 1 is 1.05 bits per heavy atom. The Morgan fingerprint density at radius 2 is 1.60 bits per heavy atom. The molecule has 2 rings (SSSR count). The number of cyclic esters (lactones) is 1. The summed E-state index contributed by atoms with van der Waals surface area (Å²) in [5.41, 5.74) is -1.81. The number of ether oxygens (including phenoxy) is 1. The summed E-state index contributed by atoms with van der Waals surface area (Å²) in [4.78, 5) is 36.9. The van der Waals surface area contributed by atoms with Gasteiger partial charge in [0, 0.05) is 5.56 Å². The molecule has 0 bridgehead atoms. The first-order valence-corrected chi connectivity index (χ1v) is 6.54. The summed E-state index contributed by atoms with van der Waals surface area (Å²) in [6.07, 6.45) is -1.07. The number of carbonyl (C=O) groups is 3. The van der Waals surface area contributed by atoms with Gasteiger partial charge in [-0.3, -0.25) is 14.4 Å². The molecule has 0 radical (unpaired) electrons. The largest absolute Gasteiger partial charge is 0.452 e. The summed E-state index contributed by atoms with van der Waals surface area (Å²) in [6, 6.07) is 8.56. The number of rotatable bonds is 2. The quantitative estimate of drug-likeness (QED) is 0.472. The molecule has 0 aromatic heterocycles. The maximum absolute atomic E-state index is 12.5. The van der Waals surface area contributed by atoms with Crippen molar-refractivity contribution >= 4 is 17.5 Å². The van der Waals surface area contributed by atoms with Crippen molar-refractivity contribution in [3.63, 3.8) is 0 Å². The minimum atomic E-state index is -1.21. The normalized spacial score (nSPS) is 24.1. The lowest BCUT2D eigenvalue weighted by Gasteiger charge is -2.42. The van der Waals surface area contributed by atoms with E-state index in [1.165, 1.54) is 13.8 Å². The van der Waals surface area contributed by atoms with Gasteiger partial charge in [-0.25, -0.2) is 0 Å². The number of carbonyl (C=O) groups excluding carboxylic acids is 3. The predicted molar refractivity (Wildman–Crippen MR) is 73.2 cm³/mol. The lowest BCUT2D eigenvalue weighted by molar-refractivity contribution is -0.181. The Bertz CT molecular complexity index is 569. The third kappa shape index (κ3) is 2.05. The molecule has 1 aliphatic rings. The van der Waals surface area contributed by atoms with Crippen molar-refractivity contribution < 1.29 is 19.1 Å². The number of hydrogen-bond donors (Lipinski definition) is 0. The average molecular weight is 274 g/mol. The van der Waals surface area contributed by atoms with Crippen LogP contribution in [-0.4, -0.2) is 23.6 Å². The van der Waals surface area contributed by atoms with Gasteiger partial charge in [0.05, 0.1) is 5.41 Å². The van der Waals surface area contributed by atoms with Gasteiger partial charge < -0.3 is 4.74 Å². The molecule has 1 fully saturated rings. The van der Waals surface area contributed by atoms with Crippen LogP contribution in [0.2, 0.25) is 0 Å². The van der Waals surface area contributed by atoms with E-state index in [0.29, 0.717) is 5.56 Å². The smallest absolute Gasteiger partial charge is 0.319 e. The zero-order chi connectivity index (χ0) is 15.1. The monoisotopic (exact) mass is 274 g/mol. The molecule has 1 aromatic carbocycles. The van der Waals surface area contributed by atoms with Crippen LogP contribution in [0.15, 0.2) is 30.3 Å². The van der Waals surface area contributed by atoms with Crippen LogP contribution in [0, 0.1) is 10.8 Å². The van der Waals surface area contributed by atoms with Crippen molar-refractivity contribution in [3.8, 4) is 0 Å². The highest BCUT2D eigenvalue weighted by Gasteiger charge is 2.57. The lowest BCUT2D eigenvalue weighted by atomic mass is 9.67. The van der Waals surface area contributed by atoms with Gasteiger partial charge in [-0.2, -0.15) is 0 Å². The minimum absolute atomic E-state index is 0.268. The Balaban J connectivity index is 2.41. The molecule has 4 nitrogen and oxygen atoms in total. The molecule has 0 saturated carbocycles. The third-order valence-electron chi connectivity index (χ3n) is 3.84. The molecule has 1 heterocycles. The molecule has 0 aliphatic carbocycles. The first kappa shape index (κ1) is 14.4. The van der Waals surface area contributed by atoms with Gasteiger partial charge in [0.2, 0.25) is 5.78 Å². The van der Waals surface area contributed by atoms with Gasteiger partial charge in [0.1, 0.15) is 5.41 Å². The third-order valence-corrected chi connectivity index (χ3v) is 3.84. The number of benzene rings is 1. The Hall–Kier alpha value is -1.97. The summed E-state index contributed by atoms with van der Waals surface area (Å²) in [7, 11) is 0. The number of Topliss-reactive ketones (excluding diaryl/α,β-unsaturated/α-hetero) is 2. The first-order valence-electron chi connectivity index (χ1n) is 6.54. The van der Waals surface area contributed by atoms with Crippen LogP contribution in [-0.2, 0) is 14.3 Å². The maximum atomic E-state index is 12.5. The Labute approximate surface area is 118 Å². The van der Waals surface area contributed by atoms with E-state index in [9.17, 15) is 14.4 Å². The molecule has 1 atom stereocenters. The van der Waals surface area contributed by atoms with Crippen molar-refractivity contribution in [1.82, 2.24) is 0 Å².